The fraction of sp³-hybridized carbons (Fsp3) is 0.533. The van der Waals surface area contributed by atoms with Crippen LogP contribution in [0, 0.1) is 0 Å². The molecule has 4 nitrogen and oxygen atoms in total. The van der Waals surface area contributed by atoms with Crippen LogP contribution in [-0.4, -0.2) is 41.4 Å². The van der Waals surface area contributed by atoms with Gasteiger partial charge in [0.15, 0.2) is 0 Å². The molecule has 1 aliphatic rings. The molecule has 1 heterocycles. The summed E-state index contributed by atoms with van der Waals surface area (Å²) in [6.45, 7) is 0.782. The molecule has 122 valence electrons. The summed E-state index contributed by atoms with van der Waals surface area (Å²) < 4.78 is 37.0. The van der Waals surface area contributed by atoms with Crippen LogP contribution in [0.4, 0.5) is 23.7 Å². The topological polar surface area (TPSA) is 52.6 Å². The molecule has 1 saturated heterocycles. The van der Waals surface area contributed by atoms with Gasteiger partial charge in [0, 0.05) is 25.2 Å². The van der Waals surface area contributed by atoms with Crippen molar-refractivity contribution in [1.82, 2.24) is 4.90 Å². The van der Waals surface area contributed by atoms with Gasteiger partial charge in [-0.05, 0) is 30.9 Å². The SMILES string of the molecule is O=C(Nc1ccccc1CCC(F)(F)F)N1CCCC(O)C1. The van der Waals surface area contributed by atoms with E-state index in [4.69, 9.17) is 0 Å². The summed E-state index contributed by atoms with van der Waals surface area (Å²) >= 11 is 0. The Morgan fingerprint density at radius 3 is 2.77 bits per heavy atom. The highest BCUT2D eigenvalue weighted by molar-refractivity contribution is 5.90. The Morgan fingerprint density at radius 1 is 1.36 bits per heavy atom. The number of benzene rings is 1. The van der Waals surface area contributed by atoms with Gasteiger partial charge in [0.1, 0.15) is 0 Å². The third kappa shape index (κ3) is 4.91. The van der Waals surface area contributed by atoms with Crippen molar-refractivity contribution >= 4 is 11.7 Å². The number of nitrogens with one attached hydrogen (secondary N) is 1. The van der Waals surface area contributed by atoms with Crippen molar-refractivity contribution < 1.29 is 23.1 Å². The van der Waals surface area contributed by atoms with E-state index in [0.717, 1.165) is 0 Å². The summed E-state index contributed by atoms with van der Waals surface area (Å²) in [5.74, 6) is 0. The summed E-state index contributed by atoms with van der Waals surface area (Å²) in [5.41, 5.74) is 0.836. The van der Waals surface area contributed by atoms with E-state index >= 15 is 0 Å². The Kier molecular flexibility index (Phi) is 5.28. The molecular weight excluding hydrogens is 297 g/mol. The fourth-order valence-corrected chi connectivity index (χ4v) is 2.47. The molecule has 0 aromatic heterocycles. The zero-order valence-corrected chi connectivity index (χ0v) is 12.1. The van der Waals surface area contributed by atoms with Gasteiger partial charge in [-0.2, -0.15) is 13.2 Å². The molecule has 0 aliphatic carbocycles. The van der Waals surface area contributed by atoms with Gasteiger partial charge >= 0.3 is 12.2 Å². The third-order valence-electron chi connectivity index (χ3n) is 3.62. The lowest BCUT2D eigenvalue weighted by Crippen LogP contribution is -2.44. The maximum absolute atomic E-state index is 12.3. The number of nitrogens with zero attached hydrogens (tertiary/aromatic N) is 1. The van der Waals surface area contributed by atoms with Gasteiger partial charge in [0.25, 0.3) is 0 Å². The lowest BCUT2D eigenvalue weighted by atomic mass is 10.1. The van der Waals surface area contributed by atoms with E-state index in [1.165, 1.54) is 4.90 Å². The van der Waals surface area contributed by atoms with Crippen molar-refractivity contribution in [2.24, 2.45) is 0 Å². The highest BCUT2D eigenvalue weighted by Gasteiger charge is 2.27. The Bertz CT molecular complexity index is 520. The number of likely N-dealkylation sites (tertiary alicyclic amines) is 1. The van der Waals surface area contributed by atoms with Crippen LogP contribution in [0.2, 0.25) is 0 Å². The molecule has 7 heteroatoms. The number of anilines is 1. The van der Waals surface area contributed by atoms with Crippen LogP contribution in [0.15, 0.2) is 24.3 Å². The minimum absolute atomic E-state index is 0.178. The van der Waals surface area contributed by atoms with E-state index < -0.39 is 24.7 Å². The number of hydrogen-bond donors (Lipinski definition) is 2. The van der Waals surface area contributed by atoms with Crippen LogP contribution in [0.5, 0.6) is 0 Å². The number of aryl methyl sites for hydroxylation is 1. The fourth-order valence-electron chi connectivity index (χ4n) is 2.47. The Hall–Kier alpha value is -1.76. The van der Waals surface area contributed by atoms with Gasteiger partial charge < -0.3 is 15.3 Å². The minimum Gasteiger partial charge on any atom is -0.391 e. The number of urea groups is 1. The van der Waals surface area contributed by atoms with Crippen LogP contribution < -0.4 is 5.32 Å². The molecule has 2 N–H and O–H groups in total. The molecule has 0 saturated carbocycles. The molecule has 1 unspecified atom stereocenters. The molecular formula is C15H19F3N2O2. The average Bonchev–Trinajstić information content (AvgIpc) is 2.45. The molecule has 22 heavy (non-hydrogen) atoms. The predicted octanol–water partition coefficient (Wildman–Crippen LogP) is 3.17. The molecule has 2 rings (SSSR count). The number of amides is 2. The molecule has 1 aromatic rings. The van der Waals surface area contributed by atoms with Gasteiger partial charge in [0.05, 0.1) is 6.10 Å². The van der Waals surface area contributed by atoms with E-state index in [9.17, 15) is 23.1 Å². The standard InChI is InChI=1S/C15H19F3N2O2/c16-15(17,18)8-7-11-4-1-2-6-13(11)19-14(22)20-9-3-5-12(21)10-20/h1-2,4,6,12,21H,3,5,7-10H2,(H,19,22). The van der Waals surface area contributed by atoms with Gasteiger partial charge in [-0.25, -0.2) is 4.79 Å². The predicted molar refractivity (Wildman–Crippen MR) is 76.7 cm³/mol. The first-order chi connectivity index (χ1) is 10.3. The van der Waals surface area contributed by atoms with Crippen molar-refractivity contribution in [2.45, 2.75) is 38.0 Å². The maximum atomic E-state index is 12.3. The molecule has 0 spiro atoms. The number of aliphatic hydroxyl groups is 1. The van der Waals surface area contributed by atoms with E-state index in [0.29, 0.717) is 30.6 Å². The summed E-state index contributed by atoms with van der Waals surface area (Å²) in [7, 11) is 0. The Labute approximate surface area is 126 Å². The zero-order valence-electron chi connectivity index (χ0n) is 12.1. The van der Waals surface area contributed by atoms with E-state index in [1.807, 2.05) is 0 Å². The lowest BCUT2D eigenvalue weighted by Gasteiger charge is -2.30. The number of rotatable bonds is 3. The first-order valence-corrected chi connectivity index (χ1v) is 7.24. The van der Waals surface area contributed by atoms with E-state index in [-0.39, 0.29) is 13.0 Å². The minimum atomic E-state index is -4.23. The van der Waals surface area contributed by atoms with Crippen LogP contribution in [0.3, 0.4) is 0 Å². The number of para-hydroxylation sites is 1. The second-order valence-corrected chi connectivity index (χ2v) is 5.44. The van der Waals surface area contributed by atoms with E-state index in [1.54, 1.807) is 24.3 Å². The van der Waals surface area contributed by atoms with Crippen molar-refractivity contribution in [2.75, 3.05) is 18.4 Å². The monoisotopic (exact) mass is 316 g/mol. The highest BCUT2D eigenvalue weighted by atomic mass is 19.4. The van der Waals surface area contributed by atoms with Gasteiger partial charge in [-0.1, -0.05) is 18.2 Å². The number of halogens is 3. The van der Waals surface area contributed by atoms with Crippen molar-refractivity contribution in [3.8, 4) is 0 Å². The number of aliphatic hydroxyl groups excluding tert-OH is 1. The number of piperidine rings is 1. The van der Waals surface area contributed by atoms with Crippen LogP contribution in [0.1, 0.15) is 24.8 Å². The highest BCUT2D eigenvalue weighted by Crippen LogP contribution is 2.25. The van der Waals surface area contributed by atoms with Crippen molar-refractivity contribution in [3.05, 3.63) is 29.8 Å². The molecule has 0 radical (unpaired) electrons. The van der Waals surface area contributed by atoms with Gasteiger partial charge in [-0.3, -0.25) is 0 Å². The van der Waals surface area contributed by atoms with Crippen LogP contribution >= 0.6 is 0 Å². The van der Waals surface area contributed by atoms with Crippen LogP contribution in [0.25, 0.3) is 0 Å². The third-order valence-corrected chi connectivity index (χ3v) is 3.62. The summed E-state index contributed by atoms with van der Waals surface area (Å²) in [6, 6.07) is 6.08. The number of hydrogen-bond acceptors (Lipinski definition) is 2. The van der Waals surface area contributed by atoms with Crippen molar-refractivity contribution in [1.29, 1.82) is 0 Å². The molecule has 1 atom stereocenters. The molecule has 1 aliphatic heterocycles. The number of carbonyl (C=O) groups excluding carboxylic acids is 1. The number of alkyl halides is 3. The second kappa shape index (κ2) is 7.00. The summed E-state index contributed by atoms with van der Waals surface area (Å²) in [4.78, 5) is 13.6. The summed E-state index contributed by atoms with van der Waals surface area (Å²) in [6.07, 6.45) is -4.50. The normalized spacial score (nSPS) is 19.1. The zero-order chi connectivity index (χ0) is 16.2. The van der Waals surface area contributed by atoms with Crippen LogP contribution in [-0.2, 0) is 6.42 Å². The molecule has 2 amide bonds. The molecule has 1 aromatic carbocycles. The first-order valence-electron chi connectivity index (χ1n) is 7.24. The number of carbonyl (C=O) groups is 1. The summed E-state index contributed by atoms with van der Waals surface area (Å²) in [5, 5.41) is 12.2. The molecule has 0 bridgehead atoms. The first kappa shape index (κ1) is 16.6. The number of β-amino-alcohol motifs (C(OH)–C–C–N with tert-alkyl or cyclic N) is 1. The average molecular weight is 316 g/mol. The second-order valence-electron chi connectivity index (χ2n) is 5.44. The van der Waals surface area contributed by atoms with Gasteiger partial charge in [0.2, 0.25) is 0 Å². The Morgan fingerprint density at radius 2 is 2.09 bits per heavy atom. The van der Waals surface area contributed by atoms with E-state index in [2.05, 4.69) is 5.32 Å². The largest absolute Gasteiger partial charge is 0.391 e. The molecule has 1 fully saturated rings. The lowest BCUT2D eigenvalue weighted by molar-refractivity contribution is -0.133. The quantitative estimate of drug-likeness (QED) is 0.900. The maximum Gasteiger partial charge on any atom is 0.389 e. The Balaban J connectivity index is 2.01. The van der Waals surface area contributed by atoms with Crippen molar-refractivity contribution in [3.63, 3.8) is 0 Å². The smallest absolute Gasteiger partial charge is 0.389 e. The van der Waals surface area contributed by atoms with Gasteiger partial charge in [-0.15, -0.1) is 0 Å².